The summed E-state index contributed by atoms with van der Waals surface area (Å²) in [6, 6.07) is 14.2. The minimum Gasteiger partial charge on any atom is -0.338 e. The lowest BCUT2D eigenvalue weighted by atomic mass is 9.95. The van der Waals surface area contributed by atoms with Crippen LogP contribution in [-0.4, -0.2) is 15.6 Å². The number of fused-ring (bicyclic) bond motifs is 1. The minimum absolute atomic E-state index is 0.0482. The maximum atomic E-state index is 13.0. The van der Waals surface area contributed by atoms with Crippen LogP contribution in [0.25, 0.3) is 5.69 Å². The van der Waals surface area contributed by atoms with Crippen LogP contribution >= 0.6 is 0 Å². The van der Waals surface area contributed by atoms with Crippen LogP contribution in [0, 0.1) is 0 Å². The summed E-state index contributed by atoms with van der Waals surface area (Å²) >= 11 is 0. The second-order valence-electron chi connectivity index (χ2n) is 6.40. The zero-order chi connectivity index (χ0) is 19.0. The van der Waals surface area contributed by atoms with Crippen molar-refractivity contribution in [2.24, 2.45) is 0 Å². The Morgan fingerprint density at radius 3 is 2.52 bits per heavy atom. The molecule has 0 saturated heterocycles. The Balaban J connectivity index is 1.78. The molecule has 0 saturated carbocycles. The summed E-state index contributed by atoms with van der Waals surface area (Å²) in [5.41, 5.74) is 1.54. The van der Waals surface area contributed by atoms with Crippen molar-refractivity contribution in [3.63, 3.8) is 0 Å². The van der Waals surface area contributed by atoms with Crippen LogP contribution in [0.4, 0.5) is 24.7 Å². The first-order chi connectivity index (χ1) is 12.9. The molecule has 0 amide bonds. The van der Waals surface area contributed by atoms with E-state index < -0.39 is 11.7 Å². The van der Waals surface area contributed by atoms with Crippen molar-refractivity contribution < 1.29 is 18.0 Å². The molecule has 1 aliphatic rings. The third kappa shape index (κ3) is 3.32. The van der Waals surface area contributed by atoms with Crippen molar-refractivity contribution in [2.75, 3.05) is 5.32 Å². The van der Waals surface area contributed by atoms with Crippen LogP contribution < -0.4 is 5.32 Å². The van der Waals surface area contributed by atoms with Crippen LogP contribution in [0.15, 0.2) is 54.6 Å². The predicted molar refractivity (Wildman–Crippen MR) is 95.6 cm³/mol. The van der Waals surface area contributed by atoms with Crippen LogP contribution in [0.1, 0.15) is 34.5 Å². The van der Waals surface area contributed by atoms with Crippen LogP contribution in [-0.2, 0) is 12.6 Å². The zero-order valence-corrected chi connectivity index (χ0v) is 14.3. The fraction of sp³-hybridized carbons (Fsp3) is 0.200. The van der Waals surface area contributed by atoms with Gasteiger partial charge in [-0.25, -0.2) is 4.68 Å². The molecule has 4 nitrogen and oxygen atoms in total. The Morgan fingerprint density at radius 2 is 1.78 bits per heavy atom. The number of hydrogen-bond acceptors (Lipinski definition) is 3. The molecule has 1 N–H and O–H groups in total. The van der Waals surface area contributed by atoms with Gasteiger partial charge in [-0.05, 0) is 43.2 Å². The van der Waals surface area contributed by atoms with Crippen molar-refractivity contribution >= 4 is 17.3 Å². The smallest absolute Gasteiger partial charge is 0.338 e. The number of Topliss-reactive ketones (excluding diaryl/α,β-unsaturated/α-hetero) is 1. The number of halogens is 3. The highest BCUT2D eigenvalue weighted by Gasteiger charge is 2.31. The molecular formula is C20H16F3N3O. The summed E-state index contributed by atoms with van der Waals surface area (Å²) in [4.78, 5) is 12.5. The average Bonchev–Trinajstić information content (AvgIpc) is 3.02. The summed E-state index contributed by atoms with van der Waals surface area (Å²) < 4.78 is 40.6. The molecule has 7 heteroatoms. The second kappa shape index (κ2) is 6.57. The van der Waals surface area contributed by atoms with E-state index in [4.69, 9.17) is 0 Å². The van der Waals surface area contributed by atoms with Crippen LogP contribution in [0.3, 0.4) is 0 Å². The van der Waals surface area contributed by atoms with Gasteiger partial charge in [0.2, 0.25) is 0 Å². The molecule has 0 spiro atoms. The highest BCUT2D eigenvalue weighted by atomic mass is 19.4. The van der Waals surface area contributed by atoms with Crippen LogP contribution in [0.5, 0.6) is 0 Å². The number of nitrogens with zero attached hydrogens (tertiary/aromatic N) is 2. The number of para-hydroxylation sites is 1. The molecule has 0 unspecified atom stereocenters. The van der Waals surface area contributed by atoms with E-state index in [1.807, 2.05) is 30.3 Å². The Hall–Kier alpha value is -3.09. The molecule has 1 heterocycles. The molecule has 0 aliphatic heterocycles. The fourth-order valence-corrected chi connectivity index (χ4v) is 3.30. The molecule has 0 atom stereocenters. The van der Waals surface area contributed by atoms with Gasteiger partial charge in [-0.3, -0.25) is 4.79 Å². The third-order valence-corrected chi connectivity index (χ3v) is 4.53. The van der Waals surface area contributed by atoms with E-state index in [1.54, 1.807) is 4.68 Å². The normalized spacial score (nSPS) is 14.1. The van der Waals surface area contributed by atoms with Crippen molar-refractivity contribution in [3.05, 3.63) is 71.4 Å². The van der Waals surface area contributed by atoms with E-state index >= 15 is 0 Å². The molecule has 0 fully saturated rings. The number of carbonyl (C=O) groups excluding carboxylic acids is 1. The molecule has 1 aromatic heterocycles. The third-order valence-electron chi connectivity index (χ3n) is 4.53. The quantitative estimate of drug-likeness (QED) is 0.692. The SMILES string of the molecule is O=C1CCCc2c1c(Nc1cccc(C(F)(F)F)c1)nn2-c1ccccc1. The molecule has 4 rings (SSSR count). The number of rotatable bonds is 3. The first kappa shape index (κ1) is 17.3. The lowest BCUT2D eigenvalue weighted by Gasteiger charge is -2.14. The summed E-state index contributed by atoms with van der Waals surface area (Å²) in [6.07, 6.45) is -2.61. The minimum atomic E-state index is -4.43. The van der Waals surface area contributed by atoms with E-state index in [2.05, 4.69) is 10.4 Å². The van der Waals surface area contributed by atoms with Crippen molar-refractivity contribution in [1.82, 2.24) is 9.78 Å². The van der Waals surface area contributed by atoms with E-state index in [0.717, 1.165) is 29.9 Å². The molecule has 2 aromatic carbocycles. The Bertz CT molecular complexity index is 993. The van der Waals surface area contributed by atoms with Crippen molar-refractivity contribution in [3.8, 4) is 5.69 Å². The van der Waals surface area contributed by atoms with E-state index in [1.165, 1.54) is 12.1 Å². The van der Waals surface area contributed by atoms with Crippen LogP contribution in [0.2, 0.25) is 0 Å². The average molecular weight is 371 g/mol. The topological polar surface area (TPSA) is 46.9 Å². The van der Waals surface area contributed by atoms with E-state index in [-0.39, 0.29) is 17.3 Å². The van der Waals surface area contributed by atoms with Gasteiger partial charge in [0.05, 0.1) is 22.5 Å². The van der Waals surface area contributed by atoms with Gasteiger partial charge in [0.25, 0.3) is 0 Å². The van der Waals surface area contributed by atoms with Gasteiger partial charge in [0.15, 0.2) is 11.6 Å². The number of nitrogens with one attached hydrogen (secondary N) is 1. The molecule has 0 radical (unpaired) electrons. The number of aromatic nitrogens is 2. The maximum Gasteiger partial charge on any atom is 0.416 e. The van der Waals surface area contributed by atoms with Gasteiger partial charge in [0.1, 0.15) is 0 Å². The number of benzene rings is 2. The zero-order valence-electron chi connectivity index (χ0n) is 14.3. The van der Waals surface area contributed by atoms with Gasteiger partial charge < -0.3 is 5.32 Å². The van der Waals surface area contributed by atoms with Gasteiger partial charge in [-0.1, -0.05) is 24.3 Å². The Kier molecular flexibility index (Phi) is 4.22. The Morgan fingerprint density at radius 1 is 1.00 bits per heavy atom. The molecule has 138 valence electrons. The maximum absolute atomic E-state index is 13.0. The monoisotopic (exact) mass is 371 g/mol. The Labute approximate surface area is 153 Å². The van der Waals surface area contributed by atoms with Gasteiger partial charge in [0, 0.05) is 12.1 Å². The predicted octanol–water partition coefficient (Wildman–Crippen LogP) is 5.15. The molecule has 1 aliphatic carbocycles. The van der Waals surface area contributed by atoms with Gasteiger partial charge in [-0.15, -0.1) is 5.10 Å². The highest BCUT2D eigenvalue weighted by Crippen LogP contribution is 2.34. The summed E-state index contributed by atoms with van der Waals surface area (Å²) in [7, 11) is 0. The lowest BCUT2D eigenvalue weighted by Crippen LogP contribution is -2.13. The molecule has 0 bridgehead atoms. The number of hydrogen-bond donors (Lipinski definition) is 1. The van der Waals surface area contributed by atoms with Gasteiger partial charge in [-0.2, -0.15) is 13.2 Å². The standard InChI is InChI=1S/C20H16F3N3O/c21-20(22,23)13-6-4-7-14(12-13)24-19-18-16(10-5-11-17(18)27)26(25-19)15-8-2-1-3-9-15/h1-4,6-9,12H,5,10-11H2,(H,24,25). The number of carbonyl (C=O) groups is 1. The molecule has 3 aromatic rings. The first-order valence-corrected chi connectivity index (χ1v) is 8.58. The second-order valence-corrected chi connectivity index (χ2v) is 6.40. The summed E-state index contributed by atoms with van der Waals surface area (Å²) in [5.74, 6) is 0.241. The lowest BCUT2D eigenvalue weighted by molar-refractivity contribution is -0.137. The highest BCUT2D eigenvalue weighted by molar-refractivity contribution is 6.03. The number of anilines is 2. The van der Waals surface area contributed by atoms with E-state index in [0.29, 0.717) is 18.4 Å². The van der Waals surface area contributed by atoms with Crippen molar-refractivity contribution in [1.29, 1.82) is 0 Å². The largest absolute Gasteiger partial charge is 0.416 e. The number of alkyl halides is 3. The number of ketones is 1. The summed E-state index contributed by atoms with van der Waals surface area (Å²) in [5, 5.41) is 7.42. The van der Waals surface area contributed by atoms with Gasteiger partial charge >= 0.3 is 6.18 Å². The fourth-order valence-electron chi connectivity index (χ4n) is 3.30. The first-order valence-electron chi connectivity index (χ1n) is 8.58. The molecule has 27 heavy (non-hydrogen) atoms. The van der Waals surface area contributed by atoms with E-state index in [9.17, 15) is 18.0 Å². The summed E-state index contributed by atoms with van der Waals surface area (Å²) in [6.45, 7) is 0. The van der Waals surface area contributed by atoms with Crippen molar-refractivity contribution in [2.45, 2.75) is 25.4 Å². The molecular weight excluding hydrogens is 355 g/mol.